The molecule has 1 fully saturated rings. The summed E-state index contributed by atoms with van der Waals surface area (Å²) < 4.78 is 40.6. The van der Waals surface area contributed by atoms with E-state index in [0.29, 0.717) is 18.7 Å². The number of carbonyl (C=O) groups excluding carboxylic acids is 1. The van der Waals surface area contributed by atoms with E-state index in [4.69, 9.17) is 11.6 Å². The van der Waals surface area contributed by atoms with Crippen molar-refractivity contribution in [2.24, 2.45) is 0 Å². The van der Waals surface area contributed by atoms with E-state index >= 15 is 0 Å². The summed E-state index contributed by atoms with van der Waals surface area (Å²) in [6.45, 7) is 1.14. The minimum atomic E-state index is -3.67. The molecule has 0 spiro atoms. The summed E-state index contributed by atoms with van der Waals surface area (Å²) in [6.07, 6.45) is 2.67. The number of carbonyl (C=O) groups is 1. The second-order valence-corrected chi connectivity index (χ2v) is 9.24. The van der Waals surface area contributed by atoms with E-state index in [1.54, 1.807) is 19.2 Å². The number of amides is 1. The molecule has 150 valence electrons. The van der Waals surface area contributed by atoms with E-state index in [1.165, 1.54) is 39.5 Å². The van der Waals surface area contributed by atoms with E-state index < -0.39 is 15.9 Å². The van der Waals surface area contributed by atoms with Gasteiger partial charge in [-0.25, -0.2) is 12.8 Å². The van der Waals surface area contributed by atoms with Crippen molar-refractivity contribution in [2.75, 3.05) is 20.1 Å². The van der Waals surface area contributed by atoms with Crippen LogP contribution in [-0.2, 0) is 16.6 Å². The molecule has 1 saturated heterocycles. The molecule has 1 aliphatic rings. The molecule has 0 radical (unpaired) electrons. The van der Waals surface area contributed by atoms with Gasteiger partial charge in [-0.3, -0.25) is 4.79 Å². The van der Waals surface area contributed by atoms with Gasteiger partial charge in [0.05, 0.1) is 15.5 Å². The lowest BCUT2D eigenvalue weighted by Gasteiger charge is -2.26. The molecule has 2 aromatic carbocycles. The van der Waals surface area contributed by atoms with Gasteiger partial charge in [0.2, 0.25) is 10.0 Å². The predicted octanol–water partition coefficient (Wildman–Crippen LogP) is 3.93. The maximum absolute atomic E-state index is 13.4. The first kappa shape index (κ1) is 20.8. The average molecular weight is 425 g/mol. The zero-order chi connectivity index (χ0) is 20.3. The predicted molar refractivity (Wildman–Crippen MR) is 106 cm³/mol. The van der Waals surface area contributed by atoms with Crippen LogP contribution in [0.3, 0.4) is 0 Å². The normalized spacial score (nSPS) is 15.4. The molecule has 3 rings (SSSR count). The number of sulfonamides is 1. The molecule has 0 bridgehead atoms. The Bertz CT molecular complexity index is 975. The van der Waals surface area contributed by atoms with Gasteiger partial charge >= 0.3 is 0 Å². The maximum Gasteiger partial charge on any atom is 0.255 e. The molecule has 0 aromatic heterocycles. The Morgan fingerprint density at radius 1 is 1.14 bits per heavy atom. The molecule has 1 amide bonds. The lowest BCUT2D eigenvalue weighted by molar-refractivity contribution is 0.0785. The van der Waals surface area contributed by atoms with Gasteiger partial charge in [0.1, 0.15) is 5.82 Å². The fourth-order valence-electron chi connectivity index (χ4n) is 3.27. The molecule has 1 aliphatic heterocycles. The molecule has 0 atom stereocenters. The van der Waals surface area contributed by atoms with Crippen LogP contribution in [0.2, 0.25) is 5.02 Å². The van der Waals surface area contributed by atoms with Crippen molar-refractivity contribution < 1.29 is 17.6 Å². The highest BCUT2D eigenvalue weighted by atomic mass is 35.5. The zero-order valence-corrected chi connectivity index (χ0v) is 17.1. The van der Waals surface area contributed by atoms with Gasteiger partial charge in [-0.1, -0.05) is 30.2 Å². The highest BCUT2D eigenvalue weighted by molar-refractivity contribution is 7.89. The number of nitrogens with zero attached hydrogens (tertiary/aromatic N) is 2. The van der Waals surface area contributed by atoms with Gasteiger partial charge in [-0.15, -0.1) is 0 Å². The molecule has 0 saturated carbocycles. The number of rotatable bonds is 5. The summed E-state index contributed by atoms with van der Waals surface area (Å²) in [5.74, 6) is -0.809. The Labute approximate surface area is 169 Å². The Balaban J connectivity index is 1.85. The minimum Gasteiger partial charge on any atom is -0.337 e. The van der Waals surface area contributed by atoms with Crippen LogP contribution in [0.25, 0.3) is 0 Å². The standard InChI is InChI=1S/C20H22ClFN2O3S/c1-23(14-15-6-5-7-16(22)12-15)20(25)18-13-17(8-9-19(18)21)28(26,27)24-10-3-2-4-11-24/h5-9,12-13H,2-4,10-11,14H2,1H3. The quantitative estimate of drug-likeness (QED) is 0.730. The van der Waals surface area contributed by atoms with E-state index in [-0.39, 0.29) is 27.8 Å². The van der Waals surface area contributed by atoms with Gasteiger partial charge in [0, 0.05) is 26.7 Å². The Hall–Kier alpha value is -1.96. The Kier molecular flexibility index (Phi) is 6.37. The fraction of sp³-hybridized carbons (Fsp3) is 0.350. The average Bonchev–Trinajstić information content (AvgIpc) is 2.68. The van der Waals surface area contributed by atoms with Crippen molar-refractivity contribution in [1.82, 2.24) is 9.21 Å². The lowest BCUT2D eigenvalue weighted by atomic mass is 10.1. The Morgan fingerprint density at radius 3 is 2.54 bits per heavy atom. The fourth-order valence-corrected chi connectivity index (χ4v) is 5.01. The van der Waals surface area contributed by atoms with Crippen LogP contribution in [0.5, 0.6) is 0 Å². The largest absolute Gasteiger partial charge is 0.337 e. The summed E-state index contributed by atoms with van der Waals surface area (Å²) >= 11 is 6.18. The third-order valence-electron chi connectivity index (χ3n) is 4.78. The molecular formula is C20H22ClFN2O3S. The van der Waals surface area contributed by atoms with E-state index in [0.717, 1.165) is 19.3 Å². The second kappa shape index (κ2) is 8.59. The number of hydrogen-bond donors (Lipinski definition) is 0. The van der Waals surface area contributed by atoms with Crippen molar-refractivity contribution in [3.63, 3.8) is 0 Å². The summed E-state index contributed by atoms with van der Waals surface area (Å²) in [5.41, 5.74) is 0.739. The van der Waals surface area contributed by atoms with Crippen molar-refractivity contribution >= 4 is 27.5 Å². The lowest BCUT2D eigenvalue weighted by Crippen LogP contribution is -2.35. The second-order valence-electron chi connectivity index (χ2n) is 6.90. The highest BCUT2D eigenvalue weighted by Gasteiger charge is 2.27. The summed E-state index contributed by atoms with van der Waals surface area (Å²) in [7, 11) is -2.11. The van der Waals surface area contributed by atoms with Gasteiger partial charge < -0.3 is 4.90 Å². The van der Waals surface area contributed by atoms with Gasteiger partial charge in [0.15, 0.2) is 0 Å². The van der Waals surface area contributed by atoms with Crippen LogP contribution in [0.1, 0.15) is 35.2 Å². The third-order valence-corrected chi connectivity index (χ3v) is 7.00. The minimum absolute atomic E-state index is 0.0568. The zero-order valence-electron chi connectivity index (χ0n) is 15.6. The molecule has 0 N–H and O–H groups in total. The van der Waals surface area contributed by atoms with Crippen molar-refractivity contribution in [3.8, 4) is 0 Å². The van der Waals surface area contributed by atoms with Crippen LogP contribution in [-0.4, -0.2) is 43.7 Å². The van der Waals surface area contributed by atoms with E-state index in [9.17, 15) is 17.6 Å². The van der Waals surface area contributed by atoms with Gasteiger partial charge in [-0.05, 0) is 48.7 Å². The first-order valence-electron chi connectivity index (χ1n) is 9.08. The van der Waals surface area contributed by atoms with Gasteiger partial charge in [-0.2, -0.15) is 4.31 Å². The maximum atomic E-state index is 13.4. The van der Waals surface area contributed by atoms with Crippen molar-refractivity contribution in [3.05, 3.63) is 64.4 Å². The number of halogens is 2. The van der Waals surface area contributed by atoms with Crippen LogP contribution >= 0.6 is 11.6 Å². The summed E-state index contributed by atoms with van der Waals surface area (Å²) in [5, 5.41) is 0.175. The van der Waals surface area contributed by atoms with Crippen molar-refractivity contribution in [1.29, 1.82) is 0 Å². The number of hydrogen-bond acceptors (Lipinski definition) is 3. The topological polar surface area (TPSA) is 57.7 Å². The molecule has 5 nitrogen and oxygen atoms in total. The van der Waals surface area contributed by atoms with Crippen molar-refractivity contribution in [2.45, 2.75) is 30.7 Å². The molecular weight excluding hydrogens is 403 g/mol. The molecule has 0 aliphatic carbocycles. The summed E-state index contributed by atoms with van der Waals surface area (Å²) in [4.78, 5) is 14.3. The molecule has 28 heavy (non-hydrogen) atoms. The molecule has 8 heteroatoms. The van der Waals surface area contributed by atoms with E-state index in [1.807, 2.05) is 0 Å². The van der Waals surface area contributed by atoms with Gasteiger partial charge in [0.25, 0.3) is 5.91 Å². The monoisotopic (exact) mass is 424 g/mol. The first-order chi connectivity index (χ1) is 13.3. The number of benzene rings is 2. The van der Waals surface area contributed by atoms with Crippen LogP contribution in [0.4, 0.5) is 4.39 Å². The Morgan fingerprint density at radius 2 is 1.86 bits per heavy atom. The molecule has 0 unspecified atom stereocenters. The highest BCUT2D eigenvalue weighted by Crippen LogP contribution is 2.26. The van der Waals surface area contributed by atoms with E-state index in [2.05, 4.69) is 0 Å². The number of piperidine rings is 1. The van der Waals surface area contributed by atoms with Crippen LogP contribution < -0.4 is 0 Å². The first-order valence-corrected chi connectivity index (χ1v) is 10.9. The van der Waals surface area contributed by atoms with Crippen LogP contribution in [0.15, 0.2) is 47.4 Å². The third kappa shape index (κ3) is 4.54. The van der Waals surface area contributed by atoms with Crippen LogP contribution in [0, 0.1) is 5.82 Å². The summed E-state index contributed by atoms with van der Waals surface area (Å²) in [6, 6.07) is 10.2. The molecule has 1 heterocycles. The smallest absolute Gasteiger partial charge is 0.255 e. The SMILES string of the molecule is CN(Cc1cccc(F)c1)C(=O)c1cc(S(=O)(=O)N2CCCCC2)ccc1Cl. The molecule has 2 aromatic rings.